The Hall–Kier alpha value is -3.69. The summed E-state index contributed by atoms with van der Waals surface area (Å²) in [5, 5.41) is 11.8. The molecule has 1 aliphatic heterocycles. The lowest BCUT2D eigenvalue weighted by molar-refractivity contribution is -0.140. The van der Waals surface area contributed by atoms with Crippen molar-refractivity contribution >= 4 is 23.7 Å². The second kappa shape index (κ2) is 12.0. The minimum Gasteiger partial charge on any atom is -0.445 e. The molecule has 2 unspecified atom stereocenters. The van der Waals surface area contributed by atoms with Gasteiger partial charge in [0.15, 0.2) is 0 Å². The molecule has 3 rings (SSSR count). The fourth-order valence-corrected chi connectivity index (χ4v) is 3.55. The second-order valence-corrected chi connectivity index (χ2v) is 8.54. The van der Waals surface area contributed by atoms with E-state index in [1.54, 1.807) is 13.8 Å². The number of nitrogens with one attached hydrogen (secondary N) is 3. The maximum absolute atomic E-state index is 13.0. The maximum Gasteiger partial charge on any atom is 0.408 e. The molecule has 34 heavy (non-hydrogen) atoms. The maximum atomic E-state index is 13.0. The number of ether oxygens (including phenoxy) is 1. The summed E-state index contributed by atoms with van der Waals surface area (Å²) >= 11 is 0. The van der Waals surface area contributed by atoms with Crippen LogP contribution in [-0.4, -0.2) is 47.5 Å². The van der Waals surface area contributed by atoms with Crippen molar-refractivity contribution in [2.24, 2.45) is 5.92 Å². The lowest BCUT2D eigenvalue weighted by atomic mass is 10.00. The molecule has 0 fully saturated rings. The predicted octanol–water partition coefficient (Wildman–Crippen LogP) is 1.67. The molecule has 3 N–H and O–H groups in total. The minimum absolute atomic E-state index is 0.0556. The van der Waals surface area contributed by atoms with E-state index < -0.39 is 35.8 Å². The highest BCUT2D eigenvalue weighted by Gasteiger charge is 2.32. The van der Waals surface area contributed by atoms with Gasteiger partial charge in [-0.2, -0.15) is 0 Å². The SMILES string of the molecule is CC(C)C(NC(=O)OCc1ccccc1)C(=O)NC1CCc2cc(on2)CCCNC(=O)C1=O. The predicted molar refractivity (Wildman–Crippen MR) is 121 cm³/mol. The third-order valence-electron chi connectivity index (χ3n) is 5.47. The highest BCUT2D eigenvalue weighted by Crippen LogP contribution is 2.12. The molecular formula is C24H30N4O6. The van der Waals surface area contributed by atoms with E-state index in [1.165, 1.54) is 0 Å². The number of carbonyl (C=O) groups is 4. The average Bonchev–Trinajstić information content (AvgIpc) is 3.28. The zero-order valence-corrected chi connectivity index (χ0v) is 19.3. The molecule has 0 saturated carbocycles. The van der Waals surface area contributed by atoms with E-state index in [9.17, 15) is 19.2 Å². The van der Waals surface area contributed by atoms with Crippen LogP contribution in [-0.2, 0) is 38.6 Å². The summed E-state index contributed by atoms with van der Waals surface area (Å²) in [4.78, 5) is 50.4. The molecule has 10 heteroatoms. The van der Waals surface area contributed by atoms with Gasteiger partial charge in [-0.15, -0.1) is 0 Å². The number of alkyl carbamates (subject to hydrolysis) is 1. The number of Topliss-reactive ketones (excluding diaryl/α,β-unsaturated/α-hetero) is 1. The largest absolute Gasteiger partial charge is 0.445 e. The molecule has 0 saturated heterocycles. The molecule has 0 spiro atoms. The van der Waals surface area contributed by atoms with Gasteiger partial charge in [-0.05, 0) is 30.7 Å². The molecule has 10 nitrogen and oxygen atoms in total. The summed E-state index contributed by atoms with van der Waals surface area (Å²) in [5.41, 5.74) is 1.45. The summed E-state index contributed by atoms with van der Waals surface area (Å²) in [6.45, 7) is 3.87. The number of aryl methyl sites for hydroxylation is 2. The van der Waals surface area contributed by atoms with Gasteiger partial charge in [0.2, 0.25) is 11.7 Å². The molecule has 1 aromatic heterocycles. The number of rotatable bonds is 6. The number of fused-ring (bicyclic) bond motifs is 2. The van der Waals surface area contributed by atoms with Crippen molar-refractivity contribution < 1.29 is 28.4 Å². The van der Waals surface area contributed by atoms with Gasteiger partial charge < -0.3 is 25.2 Å². The Balaban J connectivity index is 1.64. The molecule has 0 aliphatic carbocycles. The number of aromatic nitrogens is 1. The average molecular weight is 471 g/mol. The number of hydrogen-bond donors (Lipinski definition) is 3. The summed E-state index contributed by atoms with van der Waals surface area (Å²) in [7, 11) is 0. The van der Waals surface area contributed by atoms with Crippen molar-refractivity contribution in [1.29, 1.82) is 0 Å². The number of benzene rings is 1. The second-order valence-electron chi connectivity index (χ2n) is 8.54. The van der Waals surface area contributed by atoms with Crippen LogP contribution in [0.3, 0.4) is 0 Å². The van der Waals surface area contributed by atoms with Crippen LogP contribution in [0, 0.1) is 5.92 Å². The highest BCUT2D eigenvalue weighted by atomic mass is 16.5. The van der Waals surface area contributed by atoms with Crippen molar-refractivity contribution in [2.45, 2.75) is 58.2 Å². The highest BCUT2D eigenvalue weighted by molar-refractivity contribution is 6.38. The summed E-state index contributed by atoms with van der Waals surface area (Å²) in [6.07, 6.45) is 0.939. The van der Waals surface area contributed by atoms with Gasteiger partial charge in [0, 0.05) is 19.0 Å². The third-order valence-corrected chi connectivity index (χ3v) is 5.47. The number of hydrogen-bond acceptors (Lipinski definition) is 7. The first kappa shape index (κ1) is 24.9. The molecule has 2 bridgehead atoms. The molecular weight excluding hydrogens is 440 g/mol. The van der Waals surface area contributed by atoms with E-state index in [0.717, 1.165) is 5.56 Å². The van der Waals surface area contributed by atoms with Gasteiger partial charge in [0.05, 0.1) is 11.7 Å². The van der Waals surface area contributed by atoms with E-state index in [1.807, 2.05) is 36.4 Å². The van der Waals surface area contributed by atoms with Gasteiger partial charge in [-0.1, -0.05) is 49.3 Å². The van der Waals surface area contributed by atoms with Crippen LogP contribution in [0.25, 0.3) is 0 Å². The first-order valence-electron chi connectivity index (χ1n) is 11.4. The smallest absolute Gasteiger partial charge is 0.408 e. The van der Waals surface area contributed by atoms with Gasteiger partial charge in [-0.25, -0.2) is 4.79 Å². The zero-order chi connectivity index (χ0) is 24.5. The molecule has 1 aromatic carbocycles. The standard InChI is InChI=1S/C24H30N4O6/c1-15(2)20(27-24(32)33-14-16-7-4-3-5-8-16)22(30)26-19-11-10-17-13-18(34-28-17)9-6-12-25-23(31)21(19)29/h3-5,7-8,13,15,19-20H,6,9-12,14H2,1-2H3,(H,25,31)(H,26,30)(H,27,32). The van der Waals surface area contributed by atoms with E-state index in [2.05, 4.69) is 21.1 Å². The van der Waals surface area contributed by atoms with Gasteiger partial charge in [-0.3, -0.25) is 14.4 Å². The molecule has 2 atom stereocenters. The fourth-order valence-electron chi connectivity index (χ4n) is 3.55. The van der Waals surface area contributed by atoms with Crippen LogP contribution in [0.15, 0.2) is 40.9 Å². The lowest BCUT2D eigenvalue weighted by Crippen LogP contribution is -2.55. The van der Waals surface area contributed by atoms with E-state index >= 15 is 0 Å². The monoisotopic (exact) mass is 470 g/mol. The molecule has 2 aromatic rings. The van der Waals surface area contributed by atoms with Gasteiger partial charge in [0.25, 0.3) is 5.91 Å². The Morgan fingerprint density at radius 2 is 1.97 bits per heavy atom. The Kier molecular flexibility index (Phi) is 8.78. The van der Waals surface area contributed by atoms with Crippen LogP contribution in [0.1, 0.15) is 43.7 Å². The van der Waals surface area contributed by atoms with Gasteiger partial charge in [0.1, 0.15) is 18.4 Å². The number of nitrogens with zero attached hydrogens (tertiary/aromatic N) is 1. The van der Waals surface area contributed by atoms with Crippen molar-refractivity contribution in [1.82, 2.24) is 21.1 Å². The fraction of sp³-hybridized carbons (Fsp3) is 0.458. The molecule has 3 amide bonds. The molecule has 1 aliphatic rings. The summed E-state index contributed by atoms with van der Waals surface area (Å²) in [5.74, 6) is -1.67. The van der Waals surface area contributed by atoms with Gasteiger partial charge >= 0.3 is 6.09 Å². The zero-order valence-electron chi connectivity index (χ0n) is 19.3. The van der Waals surface area contributed by atoms with Crippen LogP contribution < -0.4 is 16.0 Å². The number of amides is 3. The molecule has 0 radical (unpaired) electrons. The summed E-state index contributed by atoms with van der Waals surface area (Å²) in [6, 6.07) is 8.93. The lowest BCUT2D eigenvalue weighted by Gasteiger charge is -2.24. The van der Waals surface area contributed by atoms with E-state index in [0.29, 0.717) is 37.3 Å². The van der Waals surface area contributed by atoms with Crippen molar-refractivity contribution in [2.75, 3.05) is 6.54 Å². The number of ketones is 1. The van der Waals surface area contributed by atoms with Crippen molar-refractivity contribution in [3.63, 3.8) is 0 Å². The van der Waals surface area contributed by atoms with Crippen molar-refractivity contribution in [3.05, 3.63) is 53.4 Å². The molecule has 2 heterocycles. The minimum atomic E-state index is -1.07. The third kappa shape index (κ3) is 7.16. The summed E-state index contributed by atoms with van der Waals surface area (Å²) < 4.78 is 10.5. The normalized spacial score (nSPS) is 17.7. The van der Waals surface area contributed by atoms with E-state index in [4.69, 9.17) is 9.26 Å². The Bertz CT molecular complexity index is 1000. The Labute approximate surface area is 197 Å². The first-order valence-corrected chi connectivity index (χ1v) is 11.4. The Morgan fingerprint density at radius 1 is 1.21 bits per heavy atom. The van der Waals surface area contributed by atoms with Crippen molar-refractivity contribution in [3.8, 4) is 0 Å². The quantitative estimate of drug-likeness (QED) is 0.546. The molecule has 182 valence electrons. The Morgan fingerprint density at radius 3 is 2.71 bits per heavy atom. The number of carbonyl (C=O) groups excluding carboxylic acids is 4. The first-order chi connectivity index (χ1) is 16.3. The van der Waals surface area contributed by atoms with E-state index in [-0.39, 0.29) is 18.9 Å². The topological polar surface area (TPSA) is 140 Å². The van der Waals surface area contributed by atoms with Crippen LogP contribution in [0.4, 0.5) is 4.79 Å². The van der Waals surface area contributed by atoms with Crippen LogP contribution >= 0.6 is 0 Å². The van der Waals surface area contributed by atoms with Crippen LogP contribution in [0.2, 0.25) is 0 Å². The van der Waals surface area contributed by atoms with Crippen LogP contribution in [0.5, 0.6) is 0 Å².